The van der Waals surface area contributed by atoms with Crippen LogP contribution in [0.1, 0.15) is 22.3 Å². The van der Waals surface area contributed by atoms with Gasteiger partial charge in [-0.1, -0.05) is 255 Å². The van der Waals surface area contributed by atoms with Crippen molar-refractivity contribution in [1.29, 1.82) is 0 Å². The van der Waals surface area contributed by atoms with Gasteiger partial charge in [0.25, 0.3) is 0 Å². The first-order valence-electron chi connectivity index (χ1n) is 27.3. The SMILES string of the molecule is c1ccc(-c2ccc(-n3c4ccccc4c4cc(-c5ccc(-c6cccc(N(c7ccc8c(c7)C(c7ccccc7)(c7ccccc7)c7ccccc7-8)c7ccc(-c8ccccc8)c8ccccc78)c6)cc5)ccc43)cc2)cc1. The van der Waals surface area contributed by atoms with Crippen molar-refractivity contribution in [3.05, 3.63) is 338 Å². The number of hydrogen-bond donors (Lipinski definition) is 0. The fourth-order valence-corrected chi connectivity index (χ4v) is 12.9. The van der Waals surface area contributed by atoms with E-state index >= 15 is 0 Å². The number of fused-ring (bicyclic) bond motifs is 7. The highest BCUT2D eigenvalue weighted by Crippen LogP contribution is 2.57. The van der Waals surface area contributed by atoms with Crippen LogP contribution < -0.4 is 4.90 Å². The lowest BCUT2D eigenvalue weighted by molar-refractivity contribution is 0.768. The predicted octanol–water partition coefficient (Wildman–Crippen LogP) is 20.4. The van der Waals surface area contributed by atoms with Crippen molar-refractivity contribution in [2.75, 3.05) is 4.90 Å². The zero-order valence-electron chi connectivity index (χ0n) is 43.4. The number of aromatic nitrogens is 1. The molecule has 0 spiro atoms. The van der Waals surface area contributed by atoms with Gasteiger partial charge in [0.2, 0.25) is 0 Å². The summed E-state index contributed by atoms with van der Waals surface area (Å²) in [6.45, 7) is 0. The van der Waals surface area contributed by atoms with Crippen molar-refractivity contribution in [2.45, 2.75) is 5.41 Å². The number of benzene rings is 13. The molecule has 0 bridgehead atoms. The van der Waals surface area contributed by atoms with E-state index in [9.17, 15) is 0 Å². The third-order valence-corrected chi connectivity index (χ3v) is 16.5. The first-order valence-corrected chi connectivity index (χ1v) is 27.3. The molecule has 0 radical (unpaired) electrons. The third kappa shape index (κ3) is 7.64. The molecule has 0 fully saturated rings. The van der Waals surface area contributed by atoms with Crippen LogP contribution in [-0.4, -0.2) is 4.57 Å². The van der Waals surface area contributed by atoms with Gasteiger partial charge in [0.05, 0.1) is 22.1 Å². The standard InChI is InChI=1S/C77H52N2/c1-5-20-53(21-6-1)54-40-43-62(44-41-54)79-74-35-18-16-33-70(74)71-51-59(42-48-76(71)79)56-38-36-55(37-39-56)58-24-19-29-63(50-58)78(75-49-47-65(57-22-7-2-8-23-57)66-30-13-14-32-69(66)75)64-45-46-68-67-31-15-17-34-72(67)77(73(68)52-64,60-25-9-3-10-26-60)61-27-11-4-12-28-61/h1-52H. The Bertz CT molecular complexity index is 4520. The highest BCUT2D eigenvalue weighted by Gasteiger charge is 2.46. The second kappa shape index (κ2) is 19.1. The molecule has 1 heterocycles. The van der Waals surface area contributed by atoms with Crippen molar-refractivity contribution in [3.8, 4) is 61.3 Å². The molecule has 0 aliphatic heterocycles. The van der Waals surface area contributed by atoms with E-state index in [0.29, 0.717) is 0 Å². The van der Waals surface area contributed by atoms with Crippen LogP contribution in [0.3, 0.4) is 0 Å². The maximum Gasteiger partial charge on any atom is 0.0714 e. The summed E-state index contributed by atoms with van der Waals surface area (Å²) in [5.41, 5.74) is 23.4. The van der Waals surface area contributed by atoms with Gasteiger partial charge in [-0.05, 0) is 144 Å². The largest absolute Gasteiger partial charge is 0.310 e. The molecule has 0 N–H and O–H groups in total. The van der Waals surface area contributed by atoms with Crippen LogP contribution >= 0.6 is 0 Å². The summed E-state index contributed by atoms with van der Waals surface area (Å²) in [6, 6.07) is 116. The van der Waals surface area contributed by atoms with Gasteiger partial charge in [0.1, 0.15) is 0 Å². The fraction of sp³-hybridized carbons (Fsp3) is 0.0130. The van der Waals surface area contributed by atoms with E-state index in [2.05, 4.69) is 325 Å². The first-order chi connectivity index (χ1) is 39.2. The lowest BCUT2D eigenvalue weighted by Gasteiger charge is -2.35. The molecule has 370 valence electrons. The van der Waals surface area contributed by atoms with Gasteiger partial charge in [0.15, 0.2) is 0 Å². The third-order valence-electron chi connectivity index (χ3n) is 16.5. The van der Waals surface area contributed by atoms with E-state index in [4.69, 9.17) is 0 Å². The summed E-state index contributed by atoms with van der Waals surface area (Å²) < 4.78 is 2.40. The first kappa shape index (κ1) is 46.1. The van der Waals surface area contributed by atoms with Crippen molar-refractivity contribution in [2.24, 2.45) is 0 Å². The Morgan fingerprint density at radius 1 is 0.253 bits per heavy atom. The Morgan fingerprint density at radius 2 is 0.734 bits per heavy atom. The molecular formula is C77H52N2. The van der Waals surface area contributed by atoms with Crippen LogP contribution in [0.4, 0.5) is 17.1 Å². The minimum atomic E-state index is -0.546. The van der Waals surface area contributed by atoms with E-state index in [1.807, 2.05) is 0 Å². The van der Waals surface area contributed by atoms with Crippen LogP contribution in [0.5, 0.6) is 0 Å². The summed E-state index contributed by atoms with van der Waals surface area (Å²) in [5.74, 6) is 0. The number of nitrogens with zero attached hydrogens (tertiary/aromatic N) is 2. The minimum Gasteiger partial charge on any atom is -0.310 e. The molecule has 0 saturated carbocycles. The zero-order valence-corrected chi connectivity index (χ0v) is 43.4. The van der Waals surface area contributed by atoms with Crippen molar-refractivity contribution in [3.63, 3.8) is 0 Å². The maximum absolute atomic E-state index is 2.49. The van der Waals surface area contributed by atoms with Crippen LogP contribution in [-0.2, 0) is 5.41 Å². The fourth-order valence-electron chi connectivity index (χ4n) is 12.9. The average Bonchev–Trinajstić information content (AvgIpc) is 4.09. The molecule has 1 aliphatic rings. The Kier molecular flexibility index (Phi) is 11.1. The molecule has 1 aliphatic carbocycles. The molecule has 2 heteroatoms. The van der Waals surface area contributed by atoms with Crippen molar-refractivity contribution < 1.29 is 0 Å². The van der Waals surface area contributed by atoms with Crippen LogP contribution in [0, 0.1) is 0 Å². The molecule has 0 atom stereocenters. The second-order valence-electron chi connectivity index (χ2n) is 20.8. The zero-order chi connectivity index (χ0) is 52.3. The van der Waals surface area contributed by atoms with E-state index in [0.717, 1.165) is 33.9 Å². The molecule has 13 aromatic carbocycles. The number of anilines is 3. The Labute approximate surface area is 461 Å². The second-order valence-corrected chi connectivity index (χ2v) is 20.8. The Balaban J connectivity index is 0.851. The topological polar surface area (TPSA) is 8.17 Å². The minimum absolute atomic E-state index is 0.546. The monoisotopic (exact) mass is 1000 g/mol. The van der Waals surface area contributed by atoms with Gasteiger partial charge in [-0.3, -0.25) is 0 Å². The number of rotatable bonds is 10. The molecular weight excluding hydrogens is 953 g/mol. The van der Waals surface area contributed by atoms with Gasteiger partial charge >= 0.3 is 0 Å². The predicted molar refractivity (Wildman–Crippen MR) is 332 cm³/mol. The van der Waals surface area contributed by atoms with E-state index in [1.54, 1.807) is 0 Å². The van der Waals surface area contributed by atoms with Crippen LogP contribution in [0.15, 0.2) is 315 Å². The molecule has 0 amide bonds. The summed E-state index contributed by atoms with van der Waals surface area (Å²) in [5, 5.41) is 4.87. The van der Waals surface area contributed by atoms with Gasteiger partial charge in [0, 0.05) is 33.2 Å². The lowest BCUT2D eigenvalue weighted by atomic mass is 9.67. The molecule has 2 nitrogen and oxygen atoms in total. The van der Waals surface area contributed by atoms with Gasteiger partial charge < -0.3 is 9.47 Å². The average molecular weight is 1010 g/mol. The smallest absolute Gasteiger partial charge is 0.0714 e. The molecule has 0 unspecified atom stereocenters. The van der Waals surface area contributed by atoms with Gasteiger partial charge in [-0.25, -0.2) is 0 Å². The molecule has 0 saturated heterocycles. The van der Waals surface area contributed by atoms with Crippen LogP contribution in [0.25, 0.3) is 93.9 Å². The highest BCUT2D eigenvalue weighted by molar-refractivity contribution is 6.11. The summed E-state index contributed by atoms with van der Waals surface area (Å²) >= 11 is 0. The van der Waals surface area contributed by atoms with E-state index in [1.165, 1.54) is 99.3 Å². The van der Waals surface area contributed by atoms with E-state index in [-0.39, 0.29) is 0 Å². The quantitative estimate of drug-likeness (QED) is 0.133. The Morgan fingerprint density at radius 3 is 1.44 bits per heavy atom. The highest BCUT2D eigenvalue weighted by atomic mass is 15.1. The molecule has 79 heavy (non-hydrogen) atoms. The lowest BCUT2D eigenvalue weighted by Crippen LogP contribution is -2.28. The molecule has 1 aromatic heterocycles. The molecule has 14 aromatic rings. The normalized spacial score (nSPS) is 12.4. The number of hydrogen-bond acceptors (Lipinski definition) is 1. The Hall–Kier alpha value is -10.3. The number of para-hydroxylation sites is 1. The molecule has 15 rings (SSSR count). The van der Waals surface area contributed by atoms with Gasteiger partial charge in [-0.15, -0.1) is 0 Å². The maximum atomic E-state index is 2.49. The summed E-state index contributed by atoms with van der Waals surface area (Å²) in [6.07, 6.45) is 0. The summed E-state index contributed by atoms with van der Waals surface area (Å²) in [7, 11) is 0. The van der Waals surface area contributed by atoms with Crippen molar-refractivity contribution >= 4 is 49.6 Å². The van der Waals surface area contributed by atoms with E-state index < -0.39 is 5.41 Å². The summed E-state index contributed by atoms with van der Waals surface area (Å²) in [4.78, 5) is 2.49. The van der Waals surface area contributed by atoms with Crippen molar-refractivity contribution in [1.82, 2.24) is 4.57 Å². The van der Waals surface area contributed by atoms with Crippen LogP contribution in [0.2, 0.25) is 0 Å². The van der Waals surface area contributed by atoms with Gasteiger partial charge in [-0.2, -0.15) is 0 Å².